The van der Waals surface area contributed by atoms with Gasteiger partial charge >= 0.3 is 0 Å². The lowest BCUT2D eigenvalue weighted by Gasteiger charge is -2.36. The molecule has 2 aliphatic heterocycles. The van der Waals surface area contributed by atoms with E-state index in [0.717, 1.165) is 31.1 Å². The van der Waals surface area contributed by atoms with Gasteiger partial charge in [-0.1, -0.05) is 0 Å². The summed E-state index contributed by atoms with van der Waals surface area (Å²) in [7, 11) is 0. The lowest BCUT2D eigenvalue weighted by atomic mass is 10.1. The van der Waals surface area contributed by atoms with Gasteiger partial charge in [-0.05, 0) is 31.2 Å². The zero-order valence-corrected chi connectivity index (χ0v) is 12.2. The quantitative estimate of drug-likeness (QED) is 0.815. The SMILES string of the molecule is Cc1cnc(N2C[C@@H]3[C@@H](C2)OCC(=O)N3CC2CC2)nc1. The third kappa shape index (κ3) is 2.48. The van der Waals surface area contributed by atoms with E-state index in [-0.39, 0.29) is 24.7 Å². The predicted octanol–water partition coefficient (Wildman–Crippen LogP) is 0.611. The summed E-state index contributed by atoms with van der Waals surface area (Å²) >= 11 is 0. The summed E-state index contributed by atoms with van der Waals surface area (Å²) in [5.41, 5.74) is 1.05. The van der Waals surface area contributed by atoms with Gasteiger partial charge in [0, 0.05) is 32.0 Å². The summed E-state index contributed by atoms with van der Waals surface area (Å²) in [6.07, 6.45) is 6.27. The van der Waals surface area contributed by atoms with Crippen LogP contribution in [0.1, 0.15) is 18.4 Å². The Bertz CT molecular complexity index is 543. The van der Waals surface area contributed by atoms with Crippen molar-refractivity contribution < 1.29 is 9.53 Å². The molecule has 21 heavy (non-hydrogen) atoms. The van der Waals surface area contributed by atoms with Crippen LogP contribution in [0.15, 0.2) is 12.4 Å². The molecule has 4 rings (SSSR count). The van der Waals surface area contributed by atoms with Gasteiger partial charge in [0.15, 0.2) is 0 Å². The Kier molecular flexibility index (Phi) is 3.06. The molecule has 2 saturated heterocycles. The largest absolute Gasteiger partial charge is 0.364 e. The summed E-state index contributed by atoms with van der Waals surface area (Å²) in [6, 6.07) is 0.150. The molecule has 3 fully saturated rings. The molecule has 0 N–H and O–H groups in total. The second-order valence-corrected chi connectivity index (χ2v) is 6.37. The van der Waals surface area contributed by atoms with Crippen LogP contribution in [0.3, 0.4) is 0 Å². The van der Waals surface area contributed by atoms with E-state index in [4.69, 9.17) is 4.74 Å². The second-order valence-electron chi connectivity index (χ2n) is 6.37. The molecular formula is C15H20N4O2. The van der Waals surface area contributed by atoms with Crippen molar-refractivity contribution in [3.63, 3.8) is 0 Å². The summed E-state index contributed by atoms with van der Waals surface area (Å²) in [5, 5.41) is 0. The Morgan fingerprint density at radius 1 is 1.29 bits per heavy atom. The smallest absolute Gasteiger partial charge is 0.248 e. The number of hydrogen-bond acceptors (Lipinski definition) is 5. The maximum atomic E-state index is 12.1. The second kappa shape index (κ2) is 4.94. The van der Waals surface area contributed by atoms with Gasteiger partial charge < -0.3 is 14.5 Å². The highest BCUT2D eigenvalue weighted by Gasteiger charge is 2.45. The minimum Gasteiger partial charge on any atom is -0.364 e. The Balaban J connectivity index is 1.51. The lowest BCUT2D eigenvalue weighted by molar-refractivity contribution is -0.153. The van der Waals surface area contributed by atoms with Crippen molar-refractivity contribution in [2.24, 2.45) is 5.92 Å². The molecule has 0 radical (unpaired) electrons. The zero-order valence-electron chi connectivity index (χ0n) is 12.2. The van der Waals surface area contributed by atoms with Crippen LogP contribution in [0.25, 0.3) is 0 Å². The molecule has 0 spiro atoms. The summed E-state index contributed by atoms with van der Waals surface area (Å²) in [5.74, 6) is 1.57. The van der Waals surface area contributed by atoms with E-state index in [1.54, 1.807) is 0 Å². The highest BCUT2D eigenvalue weighted by molar-refractivity contribution is 5.79. The number of anilines is 1. The molecule has 3 heterocycles. The van der Waals surface area contributed by atoms with Crippen LogP contribution in [0.2, 0.25) is 0 Å². The normalized spacial score (nSPS) is 28.9. The van der Waals surface area contributed by atoms with Crippen molar-refractivity contribution in [2.45, 2.75) is 31.9 Å². The predicted molar refractivity (Wildman–Crippen MR) is 76.9 cm³/mol. The maximum absolute atomic E-state index is 12.1. The summed E-state index contributed by atoms with van der Waals surface area (Å²) < 4.78 is 5.73. The van der Waals surface area contributed by atoms with Crippen molar-refractivity contribution in [3.05, 3.63) is 18.0 Å². The molecule has 1 aromatic rings. The summed E-state index contributed by atoms with van der Waals surface area (Å²) in [6.45, 7) is 4.63. The van der Waals surface area contributed by atoms with Crippen molar-refractivity contribution in [1.29, 1.82) is 0 Å². The molecular weight excluding hydrogens is 268 g/mol. The first-order valence-electron chi connectivity index (χ1n) is 7.65. The van der Waals surface area contributed by atoms with Crippen LogP contribution in [-0.2, 0) is 9.53 Å². The average Bonchev–Trinajstić information content (AvgIpc) is 3.20. The van der Waals surface area contributed by atoms with Crippen LogP contribution in [-0.4, -0.2) is 59.2 Å². The number of morpholine rings is 1. The number of ether oxygens (including phenoxy) is 1. The highest BCUT2D eigenvalue weighted by Crippen LogP contribution is 2.33. The molecule has 1 aromatic heterocycles. The maximum Gasteiger partial charge on any atom is 0.248 e. The number of rotatable bonds is 3. The van der Waals surface area contributed by atoms with Gasteiger partial charge in [-0.3, -0.25) is 4.79 Å². The molecule has 1 aliphatic carbocycles. The third-order valence-electron chi connectivity index (χ3n) is 4.58. The third-order valence-corrected chi connectivity index (χ3v) is 4.58. The van der Waals surface area contributed by atoms with Gasteiger partial charge in [0.05, 0.1) is 12.1 Å². The first-order chi connectivity index (χ1) is 10.2. The van der Waals surface area contributed by atoms with E-state index in [1.165, 1.54) is 12.8 Å². The Morgan fingerprint density at radius 3 is 2.76 bits per heavy atom. The Morgan fingerprint density at radius 2 is 2.05 bits per heavy atom. The number of aryl methyl sites for hydroxylation is 1. The molecule has 112 valence electrons. The Labute approximate surface area is 124 Å². The molecule has 1 saturated carbocycles. The van der Waals surface area contributed by atoms with E-state index in [0.29, 0.717) is 5.92 Å². The number of carbonyl (C=O) groups excluding carboxylic acids is 1. The van der Waals surface area contributed by atoms with E-state index >= 15 is 0 Å². The monoisotopic (exact) mass is 288 g/mol. The first kappa shape index (κ1) is 13.0. The zero-order chi connectivity index (χ0) is 14.4. The lowest BCUT2D eigenvalue weighted by Crippen LogP contribution is -2.54. The van der Waals surface area contributed by atoms with Gasteiger partial charge in [0.1, 0.15) is 6.61 Å². The first-order valence-corrected chi connectivity index (χ1v) is 7.65. The molecule has 2 atom stereocenters. The van der Waals surface area contributed by atoms with Crippen LogP contribution in [0, 0.1) is 12.8 Å². The van der Waals surface area contributed by atoms with Crippen LogP contribution >= 0.6 is 0 Å². The van der Waals surface area contributed by atoms with E-state index in [9.17, 15) is 4.79 Å². The standard InChI is InChI=1S/C15H20N4O2/c1-10-4-16-15(17-5-10)18-7-12-13(8-18)21-9-14(20)19(12)6-11-2-3-11/h4-5,11-13H,2-3,6-9H2,1H3/t12-,13-/m1/s1. The van der Waals surface area contributed by atoms with Crippen LogP contribution in [0.5, 0.6) is 0 Å². The highest BCUT2D eigenvalue weighted by atomic mass is 16.5. The van der Waals surface area contributed by atoms with Crippen LogP contribution in [0.4, 0.5) is 5.95 Å². The van der Waals surface area contributed by atoms with E-state index in [2.05, 4.69) is 14.9 Å². The molecule has 6 heteroatoms. The van der Waals surface area contributed by atoms with Crippen molar-refractivity contribution in [2.75, 3.05) is 31.1 Å². The van der Waals surface area contributed by atoms with Gasteiger partial charge in [-0.25, -0.2) is 9.97 Å². The molecule has 3 aliphatic rings. The van der Waals surface area contributed by atoms with Crippen molar-refractivity contribution in [1.82, 2.24) is 14.9 Å². The molecule has 0 bridgehead atoms. The number of aromatic nitrogens is 2. The average molecular weight is 288 g/mol. The molecule has 6 nitrogen and oxygen atoms in total. The van der Waals surface area contributed by atoms with E-state index < -0.39 is 0 Å². The number of hydrogen-bond donors (Lipinski definition) is 0. The van der Waals surface area contributed by atoms with Gasteiger partial charge in [-0.15, -0.1) is 0 Å². The molecule has 1 amide bonds. The van der Waals surface area contributed by atoms with Crippen molar-refractivity contribution >= 4 is 11.9 Å². The van der Waals surface area contributed by atoms with Gasteiger partial charge in [0.25, 0.3) is 0 Å². The molecule has 0 unspecified atom stereocenters. The van der Waals surface area contributed by atoms with Gasteiger partial charge in [0.2, 0.25) is 11.9 Å². The Hall–Kier alpha value is -1.69. The molecule has 0 aromatic carbocycles. The summed E-state index contributed by atoms with van der Waals surface area (Å²) in [4.78, 5) is 25.1. The number of fused-ring (bicyclic) bond motifs is 1. The van der Waals surface area contributed by atoms with Crippen molar-refractivity contribution in [3.8, 4) is 0 Å². The fraction of sp³-hybridized carbons (Fsp3) is 0.667. The van der Waals surface area contributed by atoms with E-state index in [1.807, 2.05) is 24.2 Å². The minimum absolute atomic E-state index is 0.0892. The fourth-order valence-electron chi connectivity index (χ4n) is 3.19. The number of amides is 1. The van der Waals surface area contributed by atoms with Gasteiger partial charge in [-0.2, -0.15) is 0 Å². The fourth-order valence-corrected chi connectivity index (χ4v) is 3.19. The topological polar surface area (TPSA) is 58.6 Å². The number of nitrogens with zero attached hydrogens (tertiary/aromatic N) is 4. The van der Waals surface area contributed by atoms with Crippen LogP contribution < -0.4 is 4.90 Å². The minimum atomic E-state index is 0.0892. The number of carbonyl (C=O) groups is 1.